The van der Waals surface area contributed by atoms with E-state index in [2.05, 4.69) is 27.8 Å². The lowest BCUT2D eigenvalue weighted by Crippen LogP contribution is -2.53. The third-order valence-electron chi connectivity index (χ3n) is 8.56. The highest BCUT2D eigenvalue weighted by molar-refractivity contribution is 6.04. The van der Waals surface area contributed by atoms with Crippen molar-refractivity contribution in [3.8, 4) is 11.5 Å². The van der Waals surface area contributed by atoms with Crippen molar-refractivity contribution in [3.05, 3.63) is 60.2 Å². The van der Waals surface area contributed by atoms with E-state index >= 15 is 0 Å². The molecule has 0 spiro atoms. The van der Waals surface area contributed by atoms with Gasteiger partial charge in [-0.15, -0.1) is 0 Å². The summed E-state index contributed by atoms with van der Waals surface area (Å²) in [6.45, 7) is 8.46. The predicted molar refractivity (Wildman–Crippen MR) is 201 cm³/mol. The van der Waals surface area contributed by atoms with Gasteiger partial charge in [-0.1, -0.05) is 38.6 Å². The maximum absolute atomic E-state index is 13.8. The van der Waals surface area contributed by atoms with E-state index in [9.17, 15) is 33.9 Å². The van der Waals surface area contributed by atoms with Gasteiger partial charge in [-0.05, 0) is 62.3 Å². The lowest BCUT2D eigenvalue weighted by molar-refractivity contribution is -0.137. The van der Waals surface area contributed by atoms with Crippen molar-refractivity contribution in [2.24, 2.45) is 5.92 Å². The van der Waals surface area contributed by atoms with E-state index in [1.54, 1.807) is 43.0 Å². The van der Waals surface area contributed by atoms with Gasteiger partial charge in [0.05, 0.1) is 37.6 Å². The van der Waals surface area contributed by atoms with Crippen LogP contribution in [0.25, 0.3) is 0 Å². The summed E-state index contributed by atoms with van der Waals surface area (Å²) < 4.78 is 21.5. The topological polar surface area (TPSA) is 231 Å². The van der Waals surface area contributed by atoms with Crippen molar-refractivity contribution in [2.75, 3.05) is 44.1 Å². The van der Waals surface area contributed by atoms with Crippen LogP contribution in [0.1, 0.15) is 68.8 Å². The van der Waals surface area contributed by atoms with E-state index in [0.717, 1.165) is 12.8 Å². The Kier molecular flexibility index (Phi) is 17.2. The van der Waals surface area contributed by atoms with Crippen molar-refractivity contribution in [1.82, 2.24) is 15.5 Å². The average Bonchev–Trinajstić information content (AvgIpc) is 3.16. The fourth-order valence-electron chi connectivity index (χ4n) is 5.57. The molecule has 0 aromatic heterocycles. The molecule has 300 valence electrons. The van der Waals surface area contributed by atoms with Crippen LogP contribution in [0, 0.1) is 5.92 Å². The largest absolute Gasteiger partial charge is 0.493 e. The van der Waals surface area contributed by atoms with Crippen molar-refractivity contribution in [3.63, 3.8) is 0 Å². The lowest BCUT2D eigenvalue weighted by atomic mass is 10.0. The van der Waals surface area contributed by atoms with Gasteiger partial charge in [-0.3, -0.25) is 24.5 Å². The first-order chi connectivity index (χ1) is 26.3. The summed E-state index contributed by atoms with van der Waals surface area (Å²) in [6, 6.07) is 6.95. The van der Waals surface area contributed by atoms with Gasteiger partial charge in [-0.2, -0.15) is 0 Å². The Morgan fingerprint density at radius 3 is 2.31 bits per heavy atom. The molecule has 6 N–H and O–H groups in total. The standard InChI is InChI=1S/C38H51N5O12/c1-6-17-54-38(51)42-33(23(2)3)35(48)39-24(4)34(47)40-26-14-12-25(13-15-26)22-55-37(50)41-29-20-31(53-18-9-11-32(45)46)30(52-5)19-28(29)36(49)43-16-8-7-10-27(43)21-44/h6,12-15,19-20,23-24,27,33,44H,1,7-11,16-18,21-22H2,2-5H3,(H,39,48)(H,40,47)(H,41,50)(H,42,51)(H,45,46). The summed E-state index contributed by atoms with van der Waals surface area (Å²) in [7, 11) is 1.39. The number of nitrogens with zero attached hydrogens (tertiary/aromatic N) is 1. The molecule has 17 nitrogen and oxygen atoms in total. The fourth-order valence-corrected chi connectivity index (χ4v) is 5.57. The fraction of sp³-hybridized carbons (Fsp3) is 0.474. The van der Waals surface area contributed by atoms with E-state index in [-0.39, 0.29) is 67.9 Å². The summed E-state index contributed by atoms with van der Waals surface area (Å²) in [5.74, 6) is -2.43. The number of hydrogen-bond acceptors (Lipinski definition) is 11. The van der Waals surface area contributed by atoms with E-state index in [1.807, 2.05) is 0 Å². The number of carboxylic acid groups (broad SMARTS) is 1. The number of carbonyl (C=O) groups excluding carboxylic acids is 5. The zero-order chi connectivity index (χ0) is 40.5. The number of carbonyl (C=O) groups is 6. The molecule has 55 heavy (non-hydrogen) atoms. The van der Waals surface area contributed by atoms with E-state index in [4.69, 9.17) is 24.1 Å². The molecule has 2 aromatic carbocycles. The second-order valence-corrected chi connectivity index (χ2v) is 13.1. The van der Waals surface area contributed by atoms with E-state index in [1.165, 1.54) is 32.2 Å². The van der Waals surface area contributed by atoms with Crippen LogP contribution in [0.3, 0.4) is 0 Å². The molecule has 3 unspecified atom stereocenters. The number of aliphatic hydroxyl groups excluding tert-OH is 1. The number of benzene rings is 2. The van der Waals surface area contributed by atoms with Crippen LogP contribution in [0.5, 0.6) is 11.5 Å². The number of likely N-dealkylation sites (tertiary alicyclic amines) is 1. The highest BCUT2D eigenvalue weighted by Crippen LogP contribution is 2.35. The second kappa shape index (κ2) is 21.8. The molecule has 5 amide bonds. The Hall–Kier alpha value is -5.84. The Morgan fingerprint density at radius 1 is 0.945 bits per heavy atom. The minimum absolute atomic E-state index is 0.0234. The molecule has 1 fully saturated rings. The van der Waals surface area contributed by atoms with Gasteiger partial charge in [0.25, 0.3) is 5.91 Å². The molecule has 0 radical (unpaired) electrons. The first-order valence-electron chi connectivity index (χ1n) is 17.9. The molecule has 3 atom stereocenters. The molecular formula is C38H51N5O12. The average molecular weight is 770 g/mol. The number of nitrogens with one attached hydrogen (secondary N) is 4. The van der Waals surface area contributed by atoms with Crippen LogP contribution in [-0.2, 0) is 30.5 Å². The van der Waals surface area contributed by atoms with E-state index in [0.29, 0.717) is 24.2 Å². The molecule has 1 saturated heterocycles. The molecule has 3 rings (SSSR count). The molecule has 1 aliphatic rings. The van der Waals surface area contributed by atoms with Crippen molar-refractivity contribution >= 4 is 47.3 Å². The van der Waals surface area contributed by atoms with Gasteiger partial charge in [0, 0.05) is 24.7 Å². The van der Waals surface area contributed by atoms with Gasteiger partial charge in [-0.25, -0.2) is 9.59 Å². The summed E-state index contributed by atoms with van der Waals surface area (Å²) in [5.41, 5.74) is 1.12. The van der Waals surface area contributed by atoms with Crippen LogP contribution >= 0.6 is 0 Å². The predicted octanol–water partition coefficient (Wildman–Crippen LogP) is 4.05. The molecule has 0 saturated carbocycles. The maximum Gasteiger partial charge on any atom is 0.411 e. The third-order valence-corrected chi connectivity index (χ3v) is 8.56. The van der Waals surface area contributed by atoms with E-state index < -0.39 is 54.0 Å². The minimum atomic E-state index is -0.979. The van der Waals surface area contributed by atoms with Crippen molar-refractivity contribution in [2.45, 2.75) is 77.6 Å². The highest BCUT2D eigenvalue weighted by atomic mass is 16.6. The SMILES string of the molecule is C=CCOC(=O)NC(C(=O)NC(C)C(=O)Nc1ccc(COC(=O)Nc2cc(OCCCC(=O)O)c(OC)cc2C(=O)N2CCCCC2CO)cc1)C(C)C. The van der Waals surface area contributed by atoms with Crippen LogP contribution < -0.4 is 30.7 Å². The first kappa shape index (κ1) is 43.6. The van der Waals surface area contributed by atoms with Crippen molar-refractivity contribution in [1.29, 1.82) is 0 Å². The quantitative estimate of drug-likeness (QED) is 0.0878. The molecule has 2 aromatic rings. The molecule has 1 heterocycles. The Bertz CT molecular complexity index is 1670. The number of rotatable bonds is 19. The summed E-state index contributed by atoms with van der Waals surface area (Å²) in [5, 5.41) is 29.3. The number of methoxy groups -OCH3 is 1. The lowest BCUT2D eigenvalue weighted by Gasteiger charge is -2.35. The second-order valence-electron chi connectivity index (χ2n) is 13.1. The normalized spacial score (nSPS) is 14.8. The van der Waals surface area contributed by atoms with Crippen LogP contribution in [0.15, 0.2) is 49.1 Å². The zero-order valence-electron chi connectivity index (χ0n) is 31.6. The van der Waals surface area contributed by atoms with Gasteiger partial charge < -0.3 is 50.0 Å². The Labute approximate surface area is 319 Å². The number of aliphatic carboxylic acids is 1. The van der Waals surface area contributed by atoms with Gasteiger partial charge in [0.1, 0.15) is 25.3 Å². The number of hydrogen-bond donors (Lipinski definition) is 6. The van der Waals surface area contributed by atoms with Crippen LogP contribution in [0.4, 0.5) is 21.0 Å². The number of amides is 5. The third kappa shape index (κ3) is 13.5. The van der Waals surface area contributed by atoms with Gasteiger partial charge in [0.2, 0.25) is 11.8 Å². The molecular weight excluding hydrogens is 718 g/mol. The first-order valence-corrected chi connectivity index (χ1v) is 17.9. The number of ether oxygens (including phenoxy) is 4. The van der Waals surface area contributed by atoms with Crippen LogP contribution in [0.2, 0.25) is 0 Å². The zero-order valence-corrected chi connectivity index (χ0v) is 31.6. The molecule has 0 aliphatic carbocycles. The molecule has 17 heteroatoms. The number of anilines is 2. The van der Waals surface area contributed by atoms with Crippen LogP contribution in [-0.4, -0.2) is 103 Å². The summed E-state index contributed by atoms with van der Waals surface area (Å²) >= 11 is 0. The Morgan fingerprint density at radius 2 is 1.67 bits per heavy atom. The van der Waals surface area contributed by atoms with Gasteiger partial charge in [0.15, 0.2) is 11.5 Å². The molecule has 0 bridgehead atoms. The van der Waals surface area contributed by atoms with Gasteiger partial charge >= 0.3 is 18.2 Å². The number of aliphatic hydroxyl groups is 1. The maximum atomic E-state index is 13.8. The highest BCUT2D eigenvalue weighted by Gasteiger charge is 2.31. The molecule has 1 aliphatic heterocycles. The smallest absolute Gasteiger partial charge is 0.411 e. The number of alkyl carbamates (subject to hydrolysis) is 1. The monoisotopic (exact) mass is 769 g/mol. The minimum Gasteiger partial charge on any atom is -0.493 e. The van der Waals surface area contributed by atoms with Crippen molar-refractivity contribution < 1.29 is 57.9 Å². The Balaban J connectivity index is 1.65. The summed E-state index contributed by atoms with van der Waals surface area (Å²) in [4.78, 5) is 77.0. The number of carboxylic acids is 1. The number of piperidine rings is 1. The summed E-state index contributed by atoms with van der Waals surface area (Å²) in [6.07, 6.45) is 2.04.